The van der Waals surface area contributed by atoms with E-state index in [0.29, 0.717) is 0 Å². The predicted molar refractivity (Wildman–Crippen MR) is 128 cm³/mol. The van der Waals surface area contributed by atoms with Crippen molar-refractivity contribution in [1.82, 2.24) is 20.5 Å². The fourth-order valence-corrected chi connectivity index (χ4v) is 5.28. The average Bonchev–Trinajstić information content (AvgIpc) is 2.85. The zero-order valence-corrected chi connectivity index (χ0v) is 19.8. The number of rotatable bonds is 6. The molecular formula is C24H40N6O2. The van der Waals surface area contributed by atoms with Crippen LogP contribution < -0.4 is 15.5 Å². The first-order valence-electron chi connectivity index (χ1n) is 12.3. The van der Waals surface area contributed by atoms with Gasteiger partial charge in [0.25, 0.3) is 0 Å². The van der Waals surface area contributed by atoms with Crippen LogP contribution in [0, 0.1) is 0 Å². The lowest BCUT2D eigenvalue weighted by molar-refractivity contribution is -0.0352. The van der Waals surface area contributed by atoms with Gasteiger partial charge in [-0.25, -0.2) is 4.98 Å². The standard InChI is InChI=1S/C24H40N6O2/c1-20-18-29(10-15-32-20)22-16-21(6-9-26-22)17-27-23(25-2)28-19-24(7-4-3-5-8-24)30-11-13-31-14-12-30/h6,9,16,20H,3-5,7-8,10-15,17-19H2,1-2H3,(H2,25,27,28). The van der Waals surface area contributed by atoms with Crippen LogP contribution in [0.25, 0.3) is 0 Å². The Hall–Kier alpha value is -1.90. The maximum absolute atomic E-state index is 5.67. The summed E-state index contributed by atoms with van der Waals surface area (Å²) in [5, 5.41) is 7.15. The highest BCUT2D eigenvalue weighted by Crippen LogP contribution is 2.33. The van der Waals surface area contributed by atoms with E-state index in [1.807, 2.05) is 13.2 Å². The van der Waals surface area contributed by atoms with Gasteiger partial charge in [0.15, 0.2) is 5.96 Å². The first-order chi connectivity index (χ1) is 15.7. The second-order valence-electron chi connectivity index (χ2n) is 9.31. The van der Waals surface area contributed by atoms with E-state index < -0.39 is 0 Å². The molecule has 2 saturated heterocycles. The first-order valence-corrected chi connectivity index (χ1v) is 12.3. The molecule has 3 heterocycles. The van der Waals surface area contributed by atoms with Crippen molar-refractivity contribution in [2.75, 3.05) is 64.5 Å². The minimum Gasteiger partial charge on any atom is -0.379 e. The van der Waals surface area contributed by atoms with Gasteiger partial charge in [-0.3, -0.25) is 9.89 Å². The lowest BCUT2D eigenvalue weighted by Crippen LogP contribution is -2.60. The molecule has 0 amide bonds. The molecule has 2 N–H and O–H groups in total. The summed E-state index contributed by atoms with van der Waals surface area (Å²) >= 11 is 0. The van der Waals surface area contributed by atoms with Crippen molar-refractivity contribution >= 4 is 11.8 Å². The molecule has 0 spiro atoms. The Morgan fingerprint density at radius 2 is 1.97 bits per heavy atom. The first kappa shape index (κ1) is 23.3. The Kier molecular flexibility index (Phi) is 8.21. The highest BCUT2D eigenvalue weighted by atomic mass is 16.5. The number of nitrogens with zero attached hydrogens (tertiary/aromatic N) is 4. The maximum atomic E-state index is 5.67. The molecule has 1 aromatic heterocycles. The van der Waals surface area contributed by atoms with Crippen molar-refractivity contribution < 1.29 is 9.47 Å². The normalized spacial score (nSPS) is 24.9. The molecular weight excluding hydrogens is 404 g/mol. The summed E-state index contributed by atoms with van der Waals surface area (Å²) in [6.07, 6.45) is 8.62. The quantitative estimate of drug-likeness (QED) is 0.514. The van der Waals surface area contributed by atoms with E-state index in [1.165, 1.54) is 37.7 Å². The van der Waals surface area contributed by atoms with Crippen LogP contribution in [0.4, 0.5) is 5.82 Å². The zero-order chi connectivity index (χ0) is 22.2. The fourth-order valence-electron chi connectivity index (χ4n) is 5.28. The number of ether oxygens (including phenoxy) is 2. The van der Waals surface area contributed by atoms with E-state index >= 15 is 0 Å². The van der Waals surface area contributed by atoms with Crippen molar-refractivity contribution in [2.45, 2.75) is 57.2 Å². The monoisotopic (exact) mass is 444 g/mol. The summed E-state index contributed by atoms with van der Waals surface area (Å²) in [7, 11) is 1.85. The van der Waals surface area contributed by atoms with Gasteiger partial charge in [0, 0.05) is 58.1 Å². The lowest BCUT2D eigenvalue weighted by atomic mass is 9.80. The zero-order valence-electron chi connectivity index (χ0n) is 19.8. The number of morpholine rings is 2. The summed E-state index contributed by atoms with van der Waals surface area (Å²) in [5.41, 5.74) is 1.42. The van der Waals surface area contributed by atoms with E-state index in [4.69, 9.17) is 9.47 Å². The van der Waals surface area contributed by atoms with Crippen LogP contribution in [0.3, 0.4) is 0 Å². The average molecular weight is 445 g/mol. The van der Waals surface area contributed by atoms with Gasteiger partial charge >= 0.3 is 0 Å². The van der Waals surface area contributed by atoms with Crippen LogP contribution in [0.1, 0.15) is 44.6 Å². The van der Waals surface area contributed by atoms with E-state index in [-0.39, 0.29) is 11.6 Å². The molecule has 4 rings (SSSR count). The second kappa shape index (κ2) is 11.3. The van der Waals surface area contributed by atoms with Gasteiger partial charge in [0.05, 0.1) is 25.9 Å². The van der Waals surface area contributed by atoms with Crippen molar-refractivity contribution in [3.63, 3.8) is 0 Å². The molecule has 0 radical (unpaired) electrons. The number of anilines is 1. The van der Waals surface area contributed by atoms with Crippen LogP contribution in [0.15, 0.2) is 23.3 Å². The molecule has 0 bridgehead atoms. The van der Waals surface area contributed by atoms with Crippen molar-refractivity contribution in [2.24, 2.45) is 4.99 Å². The maximum Gasteiger partial charge on any atom is 0.191 e. The molecule has 0 aromatic carbocycles. The number of hydrogen-bond acceptors (Lipinski definition) is 6. The summed E-state index contributed by atoms with van der Waals surface area (Å²) in [5.74, 6) is 1.89. The van der Waals surface area contributed by atoms with E-state index in [0.717, 1.165) is 70.9 Å². The highest BCUT2D eigenvalue weighted by Gasteiger charge is 2.38. The van der Waals surface area contributed by atoms with E-state index in [1.54, 1.807) is 0 Å². The molecule has 3 aliphatic rings. The van der Waals surface area contributed by atoms with Crippen LogP contribution in [0.2, 0.25) is 0 Å². The molecule has 1 atom stereocenters. The van der Waals surface area contributed by atoms with Gasteiger partial charge in [0.2, 0.25) is 0 Å². The molecule has 1 unspecified atom stereocenters. The fraction of sp³-hybridized carbons (Fsp3) is 0.750. The Labute approximate surface area is 192 Å². The molecule has 178 valence electrons. The summed E-state index contributed by atoms with van der Waals surface area (Å²) in [4.78, 5) is 14.0. The molecule has 1 aromatic rings. The topological polar surface area (TPSA) is 74.2 Å². The van der Waals surface area contributed by atoms with Gasteiger partial charge in [-0.1, -0.05) is 19.3 Å². The van der Waals surface area contributed by atoms with Crippen LogP contribution in [0.5, 0.6) is 0 Å². The van der Waals surface area contributed by atoms with Gasteiger partial charge in [-0.05, 0) is 37.5 Å². The summed E-state index contributed by atoms with van der Waals surface area (Å²) < 4.78 is 11.3. The van der Waals surface area contributed by atoms with Gasteiger partial charge in [0.1, 0.15) is 5.82 Å². The van der Waals surface area contributed by atoms with Crippen LogP contribution in [-0.4, -0.2) is 87.1 Å². The number of hydrogen-bond donors (Lipinski definition) is 2. The summed E-state index contributed by atoms with van der Waals surface area (Å²) in [6.45, 7) is 10.1. The van der Waals surface area contributed by atoms with Crippen LogP contribution >= 0.6 is 0 Å². The molecule has 8 heteroatoms. The third-order valence-corrected chi connectivity index (χ3v) is 7.11. The predicted octanol–water partition coefficient (Wildman–Crippen LogP) is 2.01. The number of aliphatic imine (C=N–C) groups is 1. The molecule has 1 saturated carbocycles. The molecule has 2 aliphatic heterocycles. The Morgan fingerprint density at radius 3 is 2.72 bits per heavy atom. The number of nitrogens with one attached hydrogen (secondary N) is 2. The number of aromatic nitrogens is 1. The minimum atomic E-state index is 0.219. The van der Waals surface area contributed by atoms with Crippen LogP contribution in [-0.2, 0) is 16.0 Å². The molecule has 32 heavy (non-hydrogen) atoms. The number of guanidine groups is 1. The SMILES string of the molecule is CN=C(NCc1ccnc(N2CCOC(C)C2)c1)NCC1(N2CCOCC2)CCCCC1. The van der Waals surface area contributed by atoms with Gasteiger partial charge in [-0.15, -0.1) is 0 Å². The third kappa shape index (κ3) is 5.91. The highest BCUT2D eigenvalue weighted by molar-refractivity contribution is 5.79. The molecule has 1 aliphatic carbocycles. The molecule has 8 nitrogen and oxygen atoms in total. The van der Waals surface area contributed by atoms with E-state index in [2.05, 4.69) is 49.5 Å². The Bertz CT molecular complexity index is 746. The van der Waals surface area contributed by atoms with E-state index in [9.17, 15) is 0 Å². The Morgan fingerprint density at radius 1 is 1.16 bits per heavy atom. The Balaban J connectivity index is 1.33. The third-order valence-electron chi connectivity index (χ3n) is 7.11. The number of pyridine rings is 1. The van der Waals surface area contributed by atoms with Gasteiger partial charge < -0.3 is 25.0 Å². The van der Waals surface area contributed by atoms with Gasteiger partial charge in [-0.2, -0.15) is 0 Å². The smallest absolute Gasteiger partial charge is 0.191 e. The lowest BCUT2D eigenvalue weighted by Gasteiger charge is -2.48. The van der Waals surface area contributed by atoms with Crippen molar-refractivity contribution in [1.29, 1.82) is 0 Å². The second-order valence-corrected chi connectivity index (χ2v) is 9.31. The van der Waals surface area contributed by atoms with Crippen molar-refractivity contribution in [3.8, 4) is 0 Å². The van der Waals surface area contributed by atoms with Crippen molar-refractivity contribution in [3.05, 3.63) is 23.9 Å². The summed E-state index contributed by atoms with van der Waals surface area (Å²) in [6, 6.07) is 4.25. The largest absolute Gasteiger partial charge is 0.379 e. The molecule has 3 fully saturated rings. The minimum absolute atomic E-state index is 0.219.